The molecule has 11 aromatic rings. The van der Waals surface area contributed by atoms with Gasteiger partial charge in [-0.25, -0.2) is 0 Å². The number of furan rings is 1. The van der Waals surface area contributed by atoms with Crippen LogP contribution in [0.2, 0.25) is 0 Å². The van der Waals surface area contributed by atoms with E-state index in [-0.39, 0.29) is 0 Å². The first kappa shape index (κ1) is 26.5. The number of hydrogen-bond donors (Lipinski definition) is 0. The van der Waals surface area contributed by atoms with E-state index in [0.29, 0.717) is 0 Å². The van der Waals surface area contributed by atoms with Crippen molar-refractivity contribution >= 4 is 76.3 Å². The summed E-state index contributed by atoms with van der Waals surface area (Å²) in [4.78, 5) is 0. The van der Waals surface area contributed by atoms with Crippen LogP contribution in [-0.4, -0.2) is 9.13 Å². The van der Waals surface area contributed by atoms with Crippen LogP contribution in [-0.2, 0) is 0 Å². The number of aromatic nitrogens is 2. The molecule has 0 fully saturated rings. The quantitative estimate of drug-likeness (QED) is 0.192. The van der Waals surface area contributed by atoms with Gasteiger partial charge in [-0.05, 0) is 71.1 Å². The zero-order valence-electron chi connectivity index (χ0n) is 26.5. The minimum atomic E-state index is 0.907. The average molecular weight is 625 g/mol. The van der Waals surface area contributed by atoms with Crippen LogP contribution in [0.3, 0.4) is 0 Å². The fourth-order valence-electron chi connectivity index (χ4n) is 8.28. The largest absolute Gasteiger partial charge is 0.456 e. The van der Waals surface area contributed by atoms with Gasteiger partial charge in [0.05, 0.1) is 22.1 Å². The first-order valence-electron chi connectivity index (χ1n) is 16.8. The van der Waals surface area contributed by atoms with Gasteiger partial charge < -0.3 is 13.6 Å². The molecule has 3 nitrogen and oxygen atoms in total. The summed E-state index contributed by atoms with van der Waals surface area (Å²) >= 11 is 0. The molecule has 0 aliphatic rings. The summed E-state index contributed by atoms with van der Waals surface area (Å²) in [5, 5.41) is 9.82. The van der Waals surface area contributed by atoms with Crippen molar-refractivity contribution in [2.45, 2.75) is 0 Å². The molecule has 0 aliphatic heterocycles. The van der Waals surface area contributed by atoms with Crippen molar-refractivity contribution < 1.29 is 4.42 Å². The Morgan fingerprint density at radius 3 is 1.94 bits per heavy atom. The fraction of sp³-hybridized carbons (Fsp3) is 0. The van der Waals surface area contributed by atoms with Gasteiger partial charge in [-0.3, -0.25) is 0 Å². The highest BCUT2D eigenvalue weighted by Gasteiger charge is 2.22. The molecule has 3 heteroatoms. The third-order valence-corrected chi connectivity index (χ3v) is 10.3. The summed E-state index contributed by atoms with van der Waals surface area (Å²) in [5.41, 5.74) is 11.3. The molecule has 0 unspecified atom stereocenters. The van der Waals surface area contributed by atoms with Gasteiger partial charge in [0.25, 0.3) is 0 Å². The Balaban J connectivity index is 1.27. The molecular weight excluding hydrogens is 597 g/mol. The molecule has 0 saturated carbocycles. The molecule has 49 heavy (non-hydrogen) atoms. The van der Waals surface area contributed by atoms with E-state index < -0.39 is 0 Å². The number of fused-ring (bicyclic) bond motifs is 12. The maximum Gasteiger partial charge on any atom is 0.136 e. The molecule has 0 amide bonds. The number of benzene rings is 8. The van der Waals surface area contributed by atoms with Crippen molar-refractivity contribution in [3.63, 3.8) is 0 Å². The van der Waals surface area contributed by atoms with Gasteiger partial charge in [0.1, 0.15) is 11.2 Å². The number of nitrogens with zero attached hydrogens (tertiary/aromatic N) is 2. The number of rotatable bonds is 3. The summed E-state index contributed by atoms with van der Waals surface area (Å²) < 4.78 is 11.2. The molecule has 3 aromatic heterocycles. The molecule has 0 radical (unpaired) electrons. The van der Waals surface area contributed by atoms with Gasteiger partial charge in [-0.1, -0.05) is 115 Å². The maximum atomic E-state index is 6.28. The van der Waals surface area contributed by atoms with E-state index in [9.17, 15) is 0 Å². The summed E-state index contributed by atoms with van der Waals surface area (Å²) in [5.74, 6) is 0. The molecular formula is C46H28N2O. The Morgan fingerprint density at radius 1 is 0.367 bits per heavy atom. The lowest BCUT2D eigenvalue weighted by Gasteiger charge is -2.12. The van der Waals surface area contributed by atoms with E-state index in [1.54, 1.807) is 0 Å². The lowest BCUT2D eigenvalue weighted by atomic mass is 9.99. The van der Waals surface area contributed by atoms with Gasteiger partial charge in [0.2, 0.25) is 0 Å². The molecule has 0 atom stereocenters. The topological polar surface area (TPSA) is 23.0 Å². The van der Waals surface area contributed by atoms with Crippen LogP contribution in [0.15, 0.2) is 174 Å². The van der Waals surface area contributed by atoms with Crippen LogP contribution < -0.4 is 0 Å². The predicted octanol–water partition coefficient (Wildman–Crippen LogP) is 12.6. The lowest BCUT2D eigenvalue weighted by Crippen LogP contribution is -1.96. The Morgan fingerprint density at radius 2 is 1.04 bits per heavy atom. The number of para-hydroxylation sites is 3. The minimum Gasteiger partial charge on any atom is -0.456 e. The van der Waals surface area contributed by atoms with Gasteiger partial charge >= 0.3 is 0 Å². The van der Waals surface area contributed by atoms with Crippen LogP contribution in [0.25, 0.3) is 98.8 Å². The first-order valence-corrected chi connectivity index (χ1v) is 16.8. The molecule has 11 rings (SSSR count). The van der Waals surface area contributed by atoms with Crippen molar-refractivity contribution in [3.8, 4) is 22.5 Å². The zero-order valence-corrected chi connectivity index (χ0v) is 26.5. The Bertz CT molecular complexity index is 3100. The van der Waals surface area contributed by atoms with Crippen LogP contribution in [0.4, 0.5) is 0 Å². The monoisotopic (exact) mass is 624 g/mol. The molecule has 0 saturated heterocycles. The smallest absolute Gasteiger partial charge is 0.136 e. The van der Waals surface area contributed by atoms with Crippen LogP contribution in [0.1, 0.15) is 0 Å². The zero-order chi connectivity index (χ0) is 32.1. The molecule has 3 heterocycles. The lowest BCUT2D eigenvalue weighted by molar-refractivity contribution is 0.669. The normalized spacial score (nSPS) is 12.1. The highest BCUT2D eigenvalue weighted by Crippen LogP contribution is 2.45. The first-order chi connectivity index (χ1) is 24.3. The highest BCUT2D eigenvalue weighted by molar-refractivity contribution is 6.31. The second kappa shape index (κ2) is 9.96. The van der Waals surface area contributed by atoms with Crippen molar-refractivity contribution in [3.05, 3.63) is 170 Å². The van der Waals surface area contributed by atoms with E-state index >= 15 is 0 Å². The SMILES string of the molecule is c1ccc(-n2c3ccccc3c3c4c5ccc6ccccc6c5n(-c5cccc(-c6cccc7oc8ccccc8c67)c5)c4ccc32)cc1. The third-order valence-electron chi connectivity index (χ3n) is 10.3. The Labute approximate surface area is 281 Å². The molecule has 0 aliphatic carbocycles. The predicted molar refractivity (Wildman–Crippen MR) is 205 cm³/mol. The molecule has 8 aromatic carbocycles. The van der Waals surface area contributed by atoms with Gasteiger partial charge in [-0.2, -0.15) is 0 Å². The maximum absolute atomic E-state index is 6.28. The highest BCUT2D eigenvalue weighted by atomic mass is 16.3. The van der Waals surface area contributed by atoms with E-state index in [4.69, 9.17) is 4.42 Å². The standard InChI is InChI=1S/C46H28N2O/c1-2-14-31(15-3-1)47-38-21-8-6-18-35(38)44-39(47)26-27-40-45(44)37-25-24-29-12-4-5-17-34(29)46(37)48(40)32-16-10-13-30(28-32)33-20-11-23-42-43(33)36-19-7-9-22-41(36)49-42/h1-28H. The van der Waals surface area contributed by atoms with Crippen molar-refractivity contribution in [2.24, 2.45) is 0 Å². The van der Waals surface area contributed by atoms with Gasteiger partial charge in [0.15, 0.2) is 0 Å². The van der Waals surface area contributed by atoms with E-state index in [1.807, 2.05) is 12.1 Å². The number of hydrogen-bond acceptors (Lipinski definition) is 1. The Kier molecular flexibility index (Phi) is 5.38. The summed E-state index contributed by atoms with van der Waals surface area (Å²) in [6.45, 7) is 0. The summed E-state index contributed by atoms with van der Waals surface area (Å²) in [6.07, 6.45) is 0. The van der Waals surface area contributed by atoms with E-state index in [0.717, 1.165) is 38.9 Å². The fourth-order valence-corrected chi connectivity index (χ4v) is 8.28. The summed E-state index contributed by atoms with van der Waals surface area (Å²) in [7, 11) is 0. The van der Waals surface area contributed by atoms with Crippen molar-refractivity contribution in [2.75, 3.05) is 0 Å². The second-order valence-electron chi connectivity index (χ2n) is 12.9. The third kappa shape index (κ3) is 3.67. The van der Waals surface area contributed by atoms with Crippen molar-refractivity contribution in [1.29, 1.82) is 0 Å². The Hall–Kier alpha value is -6.58. The average Bonchev–Trinajstić information content (AvgIpc) is 3.83. The summed E-state index contributed by atoms with van der Waals surface area (Å²) in [6, 6.07) is 61.2. The van der Waals surface area contributed by atoms with Gasteiger partial charge in [0, 0.05) is 49.1 Å². The van der Waals surface area contributed by atoms with Crippen LogP contribution >= 0.6 is 0 Å². The van der Waals surface area contributed by atoms with Gasteiger partial charge in [-0.15, -0.1) is 0 Å². The second-order valence-corrected chi connectivity index (χ2v) is 12.9. The minimum absolute atomic E-state index is 0.907. The van der Waals surface area contributed by atoms with Crippen LogP contribution in [0, 0.1) is 0 Å². The van der Waals surface area contributed by atoms with E-state index in [1.165, 1.54) is 59.9 Å². The molecule has 0 spiro atoms. The van der Waals surface area contributed by atoms with E-state index in [2.05, 4.69) is 167 Å². The molecule has 0 bridgehead atoms. The molecule has 228 valence electrons. The van der Waals surface area contributed by atoms with Crippen molar-refractivity contribution in [1.82, 2.24) is 9.13 Å². The van der Waals surface area contributed by atoms with Crippen LogP contribution in [0.5, 0.6) is 0 Å². The molecule has 0 N–H and O–H groups in total.